The van der Waals surface area contributed by atoms with E-state index in [9.17, 15) is 5.11 Å². The van der Waals surface area contributed by atoms with Crippen molar-refractivity contribution < 1.29 is 5.11 Å². The number of hydrogen-bond donors (Lipinski definition) is 2. The third-order valence-corrected chi connectivity index (χ3v) is 4.53. The van der Waals surface area contributed by atoms with E-state index < -0.39 is 5.54 Å². The standard InChI is InChI=1S/C15H21Cl2NO/c1-15(10-19,18-12-5-3-2-4-6-12)13-9-11(16)7-8-14(13)17/h7-9,12,18-19H,2-6,10H2,1H3. The molecule has 2 nitrogen and oxygen atoms in total. The summed E-state index contributed by atoms with van der Waals surface area (Å²) in [5, 5.41) is 14.7. The summed E-state index contributed by atoms with van der Waals surface area (Å²) in [7, 11) is 0. The molecule has 0 aromatic heterocycles. The highest BCUT2D eigenvalue weighted by Crippen LogP contribution is 2.32. The van der Waals surface area contributed by atoms with E-state index in [-0.39, 0.29) is 6.61 Å². The zero-order valence-electron chi connectivity index (χ0n) is 11.3. The van der Waals surface area contributed by atoms with Gasteiger partial charge >= 0.3 is 0 Å². The number of halogens is 2. The van der Waals surface area contributed by atoms with Crippen LogP contribution in [0.2, 0.25) is 10.0 Å². The lowest BCUT2D eigenvalue weighted by molar-refractivity contribution is 0.151. The molecule has 1 aliphatic carbocycles. The Bertz CT molecular complexity index is 432. The molecule has 106 valence electrons. The van der Waals surface area contributed by atoms with Gasteiger partial charge in [0.1, 0.15) is 0 Å². The van der Waals surface area contributed by atoms with Gasteiger partial charge in [-0.1, -0.05) is 42.5 Å². The third-order valence-electron chi connectivity index (χ3n) is 3.97. The molecule has 0 aliphatic heterocycles. The second-order valence-electron chi connectivity index (χ2n) is 5.59. The molecule has 4 heteroatoms. The van der Waals surface area contributed by atoms with Crippen LogP contribution in [0.25, 0.3) is 0 Å². The number of aliphatic hydroxyl groups is 1. The molecule has 2 N–H and O–H groups in total. The van der Waals surface area contributed by atoms with Crippen LogP contribution >= 0.6 is 23.2 Å². The largest absolute Gasteiger partial charge is 0.394 e. The molecule has 1 aromatic rings. The lowest BCUT2D eigenvalue weighted by Crippen LogP contribution is -2.49. The molecule has 2 rings (SSSR count). The summed E-state index contributed by atoms with van der Waals surface area (Å²) in [5.41, 5.74) is 0.332. The van der Waals surface area contributed by atoms with Gasteiger partial charge in [0.15, 0.2) is 0 Å². The summed E-state index contributed by atoms with van der Waals surface area (Å²) in [6.45, 7) is 1.99. The molecule has 0 saturated heterocycles. The quantitative estimate of drug-likeness (QED) is 0.876. The number of benzene rings is 1. The summed E-state index contributed by atoms with van der Waals surface area (Å²) < 4.78 is 0. The Hall–Kier alpha value is -0.280. The fourth-order valence-corrected chi connectivity index (χ4v) is 3.32. The maximum Gasteiger partial charge on any atom is 0.0657 e. The van der Waals surface area contributed by atoms with Crippen molar-refractivity contribution in [1.82, 2.24) is 5.32 Å². The van der Waals surface area contributed by atoms with Crippen molar-refractivity contribution in [3.05, 3.63) is 33.8 Å². The molecule has 19 heavy (non-hydrogen) atoms. The number of hydrogen-bond acceptors (Lipinski definition) is 2. The number of rotatable bonds is 4. The van der Waals surface area contributed by atoms with Crippen LogP contribution in [0, 0.1) is 0 Å². The van der Waals surface area contributed by atoms with Crippen LogP contribution in [-0.2, 0) is 5.54 Å². The molecular weight excluding hydrogens is 281 g/mol. The van der Waals surface area contributed by atoms with E-state index in [1.807, 2.05) is 13.0 Å². The van der Waals surface area contributed by atoms with Gasteiger partial charge in [-0.05, 0) is 43.5 Å². The molecule has 0 radical (unpaired) electrons. The van der Waals surface area contributed by atoms with Gasteiger partial charge in [-0.2, -0.15) is 0 Å². The van der Waals surface area contributed by atoms with E-state index in [0.29, 0.717) is 16.1 Å². The van der Waals surface area contributed by atoms with Gasteiger partial charge in [-0.25, -0.2) is 0 Å². The van der Waals surface area contributed by atoms with Gasteiger partial charge in [0, 0.05) is 16.1 Å². The minimum atomic E-state index is -0.538. The van der Waals surface area contributed by atoms with Crippen molar-refractivity contribution >= 4 is 23.2 Å². The first-order chi connectivity index (χ1) is 9.05. The summed E-state index contributed by atoms with van der Waals surface area (Å²) in [5.74, 6) is 0. The first-order valence-corrected chi connectivity index (χ1v) is 7.65. The molecule has 0 spiro atoms. The van der Waals surface area contributed by atoms with Crippen LogP contribution in [0.3, 0.4) is 0 Å². The van der Waals surface area contributed by atoms with Gasteiger partial charge in [0.2, 0.25) is 0 Å². The Morgan fingerprint density at radius 3 is 2.58 bits per heavy atom. The van der Waals surface area contributed by atoms with Gasteiger partial charge < -0.3 is 10.4 Å². The average Bonchev–Trinajstić information content (AvgIpc) is 2.42. The topological polar surface area (TPSA) is 32.3 Å². The van der Waals surface area contributed by atoms with E-state index in [2.05, 4.69) is 5.32 Å². The summed E-state index contributed by atoms with van der Waals surface area (Å²) in [4.78, 5) is 0. The van der Waals surface area contributed by atoms with Crippen LogP contribution < -0.4 is 5.32 Å². The Kier molecular flexibility index (Phi) is 5.13. The summed E-state index contributed by atoms with van der Waals surface area (Å²) in [6, 6.07) is 5.85. The highest BCUT2D eigenvalue weighted by Gasteiger charge is 2.31. The van der Waals surface area contributed by atoms with Crippen molar-refractivity contribution in [2.45, 2.75) is 50.6 Å². The second-order valence-corrected chi connectivity index (χ2v) is 6.44. The van der Waals surface area contributed by atoms with Crippen LogP contribution in [-0.4, -0.2) is 17.8 Å². The molecule has 0 bridgehead atoms. The third kappa shape index (κ3) is 3.63. The van der Waals surface area contributed by atoms with Crippen LogP contribution in [0.4, 0.5) is 0 Å². The van der Waals surface area contributed by atoms with Crippen LogP contribution in [0.1, 0.15) is 44.6 Å². The molecule has 1 unspecified atom stereocenters. The second kappa shape index (κ2) is 6.45. The maximum atomic E-state index is 9.82. The molecule has 1 saturated carbocycles. The van der Waals surface area contributed by atoms with Crippen molar-refractivity contribution in [2.24, 2.45) is 0 Å². The molecule has 0 heterocycles. The highest BCUT2D eigenvalue weighted by atomic mass is 35.5. The van der Waals surface area contributed by atoms with Crippen LogP contribution in [0.5, 0.6) is 0 Å². The van der Waals surface area contributed by atoms with Gasteiger partial charge in [-0.3, -0.25) is 0 Å². The molecule has 0 amide bonds. The number of nitrogens with one attached hydrogen (secondary N) is 1. The Labute approximate surface area is 125 Å². The summed E-state index contributed by atoms with van der Waals surface area (Å²) >= 11 is 12.3. The van der Waals surface area contributed by atoms with Gasteiger partial charge in [-0.15, -0.1) is 0 Å². The van der Waals surface area contributed by atoms with E-state index in [1.165, 1.54) is 19.3 Å². The van der Waals surface area contributed by atoms with Gasteiger partial charge in [0.05, 0.1) is 12.1 Å². The van der Waals surface area contributed by atoms with E-state index in [1.54, 1.807) is 12.1 Å². The maximum absolute atomic E-state index is 9.82. The van der Waals surface area contributed by atoms with Crippen molar-refractivity contribution in [1.29, 1.82) is 0 Å². The van der Waals surface area contributed by atoms with Crippen molar-refractivity contribution in [2.75, 3.05) is 6.61 Å². The minimum absolute atomic E-state index is 0.00353. The first kappa shape index (κ1) is 15.1. The Morgan fingerprint density at radius 2 is 1.95 bits per heavy atom. The zero-order valence-corrected chi connectivity index (χ0v) is 12.8. The molecular formula is C15H21Cl2NO. The lowest BCUT2D eigenvalue weighted by Gasteiger charge is -2.36. The smallest absolute Gasteiger partial charge is 0.0657 e. The normalized spacial score (nSPS) is 20.2. The first-order valence-electron chi connectivity index (χ1n) is 6.89. The predicted molar refractivity (Wildman–Crippen MR) is 80.9 cm³/mol. The minimum Gasteiger partial charge on any atom is -0.394 e. The predicted octanol–water partition coefficient (Wildman–Crippen LogP) is 4.12. The Morgan fingerprint density at radius 1 is 1.26 bits per heavy atom. The van der Waals surface area contributed by atoms with Crippen molar-refractivity contribution in [3.8, 4) is 0 Å². The fraction of sp³-hybridized carbons (Fsp3) is 0.600. The zero-order chi connectivity index (χ0) is 13.9. The van der Waals surface area contributed by atoms with E-state index in [4.69, 9.17) is 23.2 Å². The molecule has 1 aliphatic rings. The van der Waals surface area contributed by atoms with Gasteiger partial charge in [0.25, 0.3) is 0 Å². The van der Waals surface area contributed by atoms with Crippen molar-refractivity contribution in [3.63, 3.8) is 0 Å². The van der Waals surface area contributed by atoms with Crippen LogP contribution in [0.15, 0.2) is 18.2 Å². The fourth-order valence-electron chi connectivity index (χ4n) is 2.83. The lowest BCUT2D eigenvalue weighted by atomic mass is 9.88. The highest BCUT2D eigenvalue weighted by molar-refractivity contribution is 6.33. The SMILES string of the molecule is CC(CO)(NC1CCCCC1)c1cc(Cl)ccc1Cl. The van der Waals surface area contributed by atoms with E-state index >= 15 is 0 Å². The summed E-state index contributed by atoms with van der Waals surface area (Å²) in [6.07, 6.45) is 6.14. The number of aliphatic hydroxyl groups excluding tert-OH is 1. The molecule has 1 atom stereocenters. The average molecular weight is 302 g/mol. The molecule has 1 fully saturated rings. The monoisotopic (exact) mass is 301 g/mol. The van der Waals surface area contributed by atoms with E-state index in [0.717, 1.165) is 18.4 Å². The molecule has 1 aromatic carbocycles. The Balaban J connectivity index is 2.22.